The van der Waals surface area contributed by atoms with Crippen molar-refractivity contribution in [3.63, 3.8) is 0 Å². The smallest absolute Gasteiger partial charge is 0.321 e. The Balaban J connectivity index is 1.56. The molecule has 0 aromatic carbocycles. The van der Waals surface area contributed by atoms with E-state index in [0.29, 0.717) is 11.4 Å². The first-order chi connectivity index (χ1) is 9.95. The molecule has 0 spiro atoms. The Morgan fingerprint density at radius 3 is 3.00 bits per heavy atom. The molecule has 9 heteroatoms. The van der Waals surface area contributed by atoms with Crippen LogP contribution in [-0.4, -0.2) is 26.9 Å². The number of hydrogen-bond acceptors (Lipinski definition) is 4. The lowest BCUT2D eigenvalue weighted by Gasteiger charge is -2.08. The maximum Gasteiger partial charge on any atom is 0.321 e. The second-order valence-corrected chi connectivity index (χ2v) is 4.89. The average molecular weight is 297 g/mol. The quantitative estimate of drug-likeness (QED) is 0.904. The SMILES string of the molecule is Cc1cc(NC(=O)NCc2ccnn2C2CC2(F)F)on1. The van der Waals surface area contributed by atoms with E-state index in [9.17, 15) is 13.6 Å². The Labute approximate surface area is 118 Å². The van der Waals surface area contributed by atoms with Gasteiger partial charge in [-0.1, -0.05) is 5.16 Å². The summed E-state index contributed by atoms with van der Waals surface area (Å²) in [5.74, 6) is -2.49. The number of aromatic nitrogens is 3. The van der Waals surface area contributed by atoms with Crippen molar-refractivity contribution < 1.29 is 18.1 Å². The van der Waals surface area contributed by atoms with Gasteiger partial charge < -0.3 is 9.84 Å². The van der Waals surface area contributed by atoms with E-state index in [0.717, 1.165) is 0 Å². The number of aryl methyl sites for hydroxylation is 1. The summed E-state index contributed by atoms with van der Waals surface area (Å²) >= 11 is 0. The third-order valence-electron chi connectivity index (χ3n) is 3.14. The minimum absolute atomic E-state index is 0.0888. The summed E-state index contributed by atoms with van der Waals surface area (Å²) < 4.78 is 32.2. The first kappa shape index (κ1) is 13.5. The number of carbonyl (C=O) groups is 1. The fraction of sp³-hybridized carbons (Fsp3) is 0.417. The Hall–Kier alpha value is -2.45. The van der Waals surface area contributed by atoms with Crippen LogP contribution >= 0.6 is 0 Å². The summed E-state index contributed by atoms with van der Waals surface area (Å²) in [6.45, 7) is 1.81. The topological polar surface area (TPSA) is 85.0 Å². The van der Waals surface area contributed by atoms with Gasteiger partial charge in [-0.25, -0.2) is 13.6 Å². The molecule has 0 saturated heterocycles. The molecule has 112 valence electrons. The van der Waals surface area contributed by atoms with Gasteiger partial charge >= 0.3 is 6.03 Å². The van der Waals surface area contributed by atoms with Crippen molar-refractivity contribution in [3.8, 4) is 0 Å². The van der Waals surface area contributed by atoms with E-state index in [1.807, 2.05) is 0 Å². The van der Waals surface area contributed by atoms with E-state index in [-0.39, 0.29) is 18.8 Å². The molecule has 0 bridgehead atoms. The molecule has 1 saturated carbocycles. The van der Waals surface area contributed by atoms with Gasteiger partial charge in [-0.3, -0.25) is 10.00 Å². The first-order valence-electron chi connectivity index (χ1n) is 6.34. The van der Waals surface area contributed by atoms with E-state index < -0.39 is 18.0 Å². The molecule has 21 heavy (non-hydrogen) atoms. The van der Waals surface area contributed by atoms with Crippen LogP contribution in [0.2, 0.25) is 0 Å². The highest BCUT2D eigenvalue weighted by atomic mass is 19.3. The van der Waals surface area contributed by atoms with Crippen LogP contribution in [-0.2, 0) is 6.54 Å². The van der Waals surface area contributed by atoms with Crippen molar-refractivity contribution in [3.05, 3.63) is 29.7 Å². The molecule has 1 fully saturated rings. The zero-order chi connectivity index (χ0) is 15.0. The first-order valence-corrected chi connectivity index (χ1v) is 6.34. The molecule has 2 aromatic heterocycles. The number of urea groups is 1. The zero-order valence-corrected chi connectivity index (χ0v) is 11.1. The molecular formula is C12H13F2N5O2. The molecule has 7 nitrogen and oxygen atoms in total. The summed E-state index contributed by atoms with van der Waals surface area (Å²) in [4.78, 5) is 11.7. The van der Waals surface area contributed by atoms with Crippen LogP contribution in [0.5, 0.6) is 0 Å². The van der Waals surface area contributed by atoms with Crippen LogP contribution in [0.25, 0.3) is 0 Å². The van der Waals surface area contributed by atoms with Crippen LogP contribution in [0.15, 0.2) is 22.9 Å². The van der Waals surface area contributed by atoms with Crippen molar-refractivity contribution in [1.29, 1.82) is 0 Å². The molecule has 2 N–H and O–H groups in total. The molecule has 1 unspecified atom stereocenters. The number of halogens is 2. The third-order valence-corrected chi connectivity index (χ3v) is 3.14. The highest BCUT2D eigenvalue weighted by molar-refractivity contribution is 5.87. The lowest BCUT2D eigenvalue weighted by Crippen LogP contribution is -2.29. The van der Waals surface area contributed by atoms with Crippen LogP contribution in [0, 0.1) is 6.92 Å². The molecule has 2 amide bonds. The molecule has 1 aliphatic rings. The zero-order valence-electron chi connectivity index (χ0n) is 11.1. The van der Waals surface area contributed by atoms with Crippen LogP contribution in [0.3, 0.4) is 0 Å². The standard InChI is InChI=1S/C12H13F2N5O2/c1-7-4-10(21-18-7)17-11(20)15-6-8-2-3-16-19(8)9-5-12(9,13)14/h2-4,9H,5-6H2,1H3,(H2,15,17,20). The van der Waals surface area contributed by atoms with E-state index in [2.05, 4.69) is 20.9 Å². The van der Waals surface area contributed by atoms with Gasteiger partial charge in [-0.05, 0) is 13.0 Å². The van der Waals surface area contributed by atoms with Crippen molar-refractivity contribution in [2.45, 2.75) is 31.9 Å². The Morgan fingerprint density at radius 2 is 2.38 bits per heavy atom. The van der Waals surface area contributed by atoms with E-state index >= 15 is 0 Å². The van der Waals surface area contributed by atoms with Crippen LogP contribution < -0.4 is 10.6 Å². The number of rotatable bonds is 4. The van der Waals surface area contributed by atoms with E-state index in [1.165, 1.54) is 10.9 Å². The third kappa shape index (κ3) is 2.86. The predicted octanol–water partition coefficient (Wildman–Crippen LogP) is 2.08. The normalized spacial score (nSPS) is 19.3. The van der Waals surface area contributed by atoms with Crippen LogP contribution in [0.1, 0.15) is 23.9 Å². The lowest BCUT2D eigenvalue weighted by atomic mass is 10.4. The van der Waals surface area contributed by atoms with Gasteiger partial charge in [-0.15, -0.1) is 0 Å². The summed E-state index contributed by atoms with van der Waals surface area (Å²) in [7, 11) is 0. The van der Waals surface area contributed by atoms with Crippen molar-refractivity contribution in [2.24, 2.45) is 0 Å². The summed E-state index contributed by atoms with van der Waals surface area (Å²) in [6, 6.07) is 1.73. The molecule has 3 rings (SSSR count). The fourth-order valence-electron chi connectivity index (χ4n) is 1.98. The predicted molar refractivity (Wildman–Crippen MR) is 67.9 cm³/mol. The molecule has 2 aromatic rings. The average Bonchev–Trinajstić information content (AvgIpc) is 2.82. The summed E-state index contributed by atoms with van der Waals surface area (Å²) in [5.41, 5.74) is 1.15. The van der Waals surface area contributed by atoms with Crippen molar-refractivity contribution >= 4 is 11.9 Å². The van der Waals surface area contributed by atoms with Gasteiger partial charge in [0.15, 0.2) is 0 Å². The Bertz CT molecular complexity index is 666. The van der Waals surface area contributed by atoms with Crippen LogP contribution in [0.4, 0.5) is 19.5 Å². The monoisotopic (exact) mass is 297 g/mol. The lowest BCUT2D eigenvalue weighted by molar-refractivity contribution is 0.0976. The summed E-state index contributed by atoms with van der Waals surface area (Å²) in [6.07, 6.45) is 1.22. The van der Waals surface area contributed by atoms with E-state index in [1.54, 1.807) is 19.1 Å². The molecular weight excluding hydrogens is 284 g/mol. The number of nitrogens with one attached hydrogen (secondary N) is 2. The molecule has 2 heterocycles. The molecule has 1 aliphatic carbocycles. The van der Waals surface area contributed by atoms with E-state index in [4.69, 9.17) is 4.52 Å². The maximum absolute atomic E-state index is 13.0. The highest BCUT2D eigenvalue weighted by Gasteiger charge is 2.59. The number of anilines is 1. The molecule has 1 atom stereocenters. The molecule has 0 aliphatic heterocycles. The Kier molecular flexibility index (Phi) is 3.11. The van der Waals surface area contributed by atoms with Gasteiger partial charge in [0.05, 0.1) is 17.9 Å². The minimum atomic E-state index is -2.71. The van der Waals surface area contributed by atoms with Gasteiger partial charge in [-0.2, -0.15) is 5.10 Å². The van der Waals surface area contributed by atoms with Crippen molar-refractivity contribution in [1.82, 2.24) is 20.3 Å². The number of hydrogen-bond donors (Lipinski definition) is 2. The number of carbonyl (C=O) groups excluding carboxylic acids is 1. The van der Waals surface area contributed by atoms with Crippen molar-refractivity contribution in [2.75, 3.05) is 5.32 Å². The second kappa shape index (κ2) is 4.83. The molecule has 0 radical (unpaired) electrons. The van der Waals surface area contributed by atoms with Gasteiger partial charge in [0.1, 0.15) is 6.04 Å². The fourth-order valence-corrected chi connectivity index (χ4v) is 1.98. The van der Waals surface area contributed by atoms with Gasteiger partial charge in [0, 0.05) is 18.7 Å². The Morgan fingerprint density at radius 1 is 1.62 bits per heavy atom. The minimum Gasteiger partial charge on any atom is -0.338 e. The number of amides is 2. The second-order valence-electron chi connectivity index (χ2n) is 4.89. The van der Waals surface area contributed by atoms with Gasteiger partial charge in [0.25, 0.3) is 5.92 Å². The maximum atomic E-state index is 13.0. The number of alkyl halides is 2. The van der Waals surface area contributed by atoms with Gasteiger partial charge in [0.2, 0.25) is 5.88 Å². The largest absolute Gasteiger partial charge is 0.338 e. The highest BCUT2D eigenvalue weighted by Crippen LogP contribution is 2.52. The summed E-state index contributed by atoms with van der Waals surface area (Å²) in [5, 5.41) is 12.5. The number of nitrogens with zero attached hydrogens (tertiary/aromatic N) is 3.